The number of rotatable bonds is 35. The first kappa shape index (κ1) is 47.3. The van der Waals surface area contributed by atoms with Crippen LogP contribution in [0, 0.1) is 0 Å². The fraction of sp³-hybridized carbons (Fsp3) is 0.682. The molecule has 0 spiro atoms. The lowest BCUT2D eigenvalue weighted by molar-refractivity contribution is -0.161. The molecule has 6 heteroatoms. The number of aliphatic hydroxyl groups excluding tert-OH is 2. The molecule has 2 atom stereocenters. The highest BCUT2D eigenvalue weighted by Crippen LogP contribution is 2.14. The van der Waals surface area contributed by atoms with Gasteiger partial charge >= 0.3 is 11.9 Å². The van der Waals surface area contributed by atoms with Crippen molar-refractivity contribution in [1.82, 2.24) is 0 Å². The van der Waals surface area contributed by atoms with E-state index in [4.69, 9.17) is 9.47 Å². The van der Waals surface area contributed by atoms with Crippen molar-refractivity contribution in [3.8, 4) is 0 Å². The Balaban J connectivity index is 3.80. The molecule has 0 aromatic heterocycles. The van der Waals surface area contributed by atoms with Gasteiger partial charge in [-0.1, -0.05) is 183 Å². The third-order valence-electron chi connectivity index (χ3n) is 8.38. The van der Waals surface area contributed by atoms with Crippen LogP contribution >= 0.6 is 0 Å². The maximum Gasteiger partial charge on any atom is 0.306 e. The number of esters is 2. The Kier molecular flexibility index (Phi) is 37.0. The first-order valence-electron chi connectivity index (χ1n) is 20.1. The lowest BCUT2D eigenvalue weighted by Crippen LogP contribution is -2.28. The molecule has 0 aliphatic rings. The van der Waals surface area contributed by atoms with Crippen LogP contribution < -0.4 is 0 Å². The number of hydrogen-bond donors (Lipinski definition) is 2. The van der Waals surface area contributed by atoms with Crippen LogP contribution in [0.3, 0.4) is 0 Å². The summed E-state index contributed by atoms with van der Waals surface area (Å²) < 4.78 is 10.5. The Labute approximate surface area is 306 Å². The van der Waals surface area contributed by atoms with Crippen molar-refractivity contribution in [3.63, 3.8) is 0 Å². The van der Waals surface area contributed by atoms with Crippen molar-refractivity contribution < 1.29 is 29.3 Å². The average Bonchev–Trinajstić information content (AvgIpc) is 3.12. The van der Waals surface area contributed by atoms with Gasteiger partial charge in [0.2, 0.25) is 0 Å². The van der Waals surface area contributed by atoms with Gasteiger partial charge in [-0.3, -0.25) is 9.59 Å². The van der Waals surface area contributed by atoms with Crippen LogP contribution in [0.1, 0.15) is 168 Å². The first-order chi connectivity index (χ1) is 24.5. The summed E-state index contributed by atoms with van der Waals surface area (Å²) >= 11 is 0. The van der Waals surface area contributed by atoms with Crippen molar-refractivity contribution in [1.29, 1.82) is 0 Å². The van der Waals surface area contributed by atoms with Crippen LogP contribution in [0.25, 0.3) is 0 Å². The Bertz CT molecular complexity index is 944. The number of carbonyl (C=O) groups is 2. The molecule has 0 fully saturated rings. The second-order valence-electron chi connectivity index (χ2n) is 13.2. The van der Waals surface area contributed by atoms with E-state index >= 15 is 0 Å². The molecule has 0 aromatic carbocycles. The molecule has 0 saturated heterocycles. The number of hydrogen-bond acceptors (Lipinski definition) is 6. The molecule has 50 heavy (non-hydrogen) atoms. The van der Waals surface area contributed by atoms with E-state index in [1.165, 1.54) is 83.5 Å². The van der Waals surface area contributed by atoms with E-state index in [1.54, 1.807) is 12.2 Å². The van der Waals surface area contributed by atoms with Gasteiger partial charge in [0.25, 0.3) is 0 Å². The molecule has 0 aliphatic heterocycles. The summed E-state index contributed by atoms with van der Waals surface area (Å²) in [4.78, 5) is 24.3. The summed E-state index contributed by atoms with van der Waals surface area (Å²) in [6, 6.07) is 0. The SMILES string of the molecule is CC/C=C\C/C=C\C/C=C\C/C=C\C/C=C\C=C/C(O)CCC(=O)OC[C@H](CO)OC(=O)CCCCCCCCCCCCCCCCCC. The predicted molar refractivity (Wildman–Crippen MR) is 211 cm³/mol. The van der Waals surface area contributed by atoms with E-state index in [1.807, 2.05) is 12.2 Å². The maximum atomic E-state index is 12.2. The van der Waals surface area contributed by atoms with Crippen molar-refractivity contribution in [2.24, 2.45) is 0 Å². The Morgan fingerprint density at radius 1 is 0.560 bits per heavy atom. The minimum atomic E-state index is -0.868. The van der Waals surface area contributed by atoms with Gasteiger partial charge in [-0.2, -0.15) is 0 Å². The van der Waals surface area contributed by atoms with Gasteiger partial charge in [0.1, 0.15) is 6.61 Å². The van der Waals surface area contributed by atoms with Gasteiger partial charge in [-0.05, 0) is 44.9 Å². The molecular formula is C44H74O6. The number of carbonyl (C=O) groups excluding carboxylic acids is 2. The first-order valence-corrected chi connectivity index (χ1v) is 20.1. The molecule has 0 heterocycles. The minimum absolute atomic E-state index is 0.0302. The van der Waals surface area contributed by atoms with E-state index in [0.717, 1.165) is 51.4 Å². The monoisotopic (exact) mass is 699 g/mol. The molecule has 1 unspecified atom stereocenters. The van der Waals surface area contributed by atoms with Gasteiger partial charge in [0.05, 0.1) is 12.7 Å². The van der Waals surface area contributed by atoms with Crippen LogP contribution in [0.4, 0.5) is 0 Å². The van der Waals surface area contributed by atoms with E-state index in [9.17, 15) is 19.8 Å². The summed E-state index contributed by atoms with van der Waals surface area (Å²) in [7, 11) is 0. The third-order valence-corrected chi connectivity index (χ3v) is 8.38. The summed E-state index contributed by atoms with van der Waals surface area (Å²) in [6.07, 6.45) is 48.6. The largest absolute Gasteiger partial charge is 0.462 e. The fourth-order valence-corrected chi connectivity index (χ4v) is 5.31. The Hall–Kier alpha value is -2.70. The molecule has 0 bridgehead atoms. The normalized spacial score (nSPS) is 13.6. The van der Waals surface area contributed by atoms with E-state index in [-0.39, 0.29) is 25.4 Å². The third kappa shape index (κ3) is 36.6. The Morgan fingerprint density at radius 3 is 1.50 bits per heavy atom. The summed E-state index contributed by atoms with van der Waals surface area (Å²) in [6.45, 7) is 3.81. The Morgan fingerprint density at radius 2 is 1.02 bits per heavy atom. The number of ether oxygens (including phenoxy) is 2. The maximum absolute atomic E-state index is 12.2. The van der Waals surface area contributed by atoms with Gasteiger partial charge in [0.15, 0.2) is 6.10 Å². The summed E-state index contributed by atoms with van der Waals surface area (Å²) in [5.74, 6) is -0.874. The topological polar surface area (TPSA) is 93.1 Å². The van der Waals surface area contributed by atoms with Crippen molar-refractivity contribution in [3.05, 3.63) is 72.9 Å². The zero-order valence-electron chi connectivity index (χ0n) is 32.0. The van der Waals surface area contributed by atoms with Crippen molar-refractivity contribution >= 4 is 11.9 Å². The van der Waals surface area contributed by atoms with Crippen LogP contribution in [-0.4, -0.2) is 47.6 Å². The highest BCUT2D eigenvalue weighted by Gasteiger charge is 2.16. The lowest BCUT2D eigenvalue weighted by atomic mass is 10.0. The zero-order valence-corrected chi connectivity index (χ0v) is 32.0. The van der Waals surface area contributed by atoms with Crippen LogP contribution in [0.15, 0.2) is 72.9 Å². The van der Waals surface area contributed by atoms with Crippen LogP contribution in [-0.2, 0) is 19.1 Å². The molecule has 0 rings (SSSR count). The van der Waals surface area contributed by atoms with E-state index < -0.39 is 24.8 Å². The molecule has 0 amide bonds. The summed E-state index contributed by atoms with van der Waals surface area (Å²) in [5.41, 5.74) is 0. The number of allylic oxidation sites excluding steroid dienone is 11. The van der Waals surface area contributed by atoms with Gasteiger partial charge in [0, 0.05) is 12.8 Å². The molecule has 0 saturated carbocycles. The highest BCUT2D eigenvalue weighted by atomic mass is 16.6. The highest BCUT2D eigenvalue weighted by molar-refractivity contribution is 5.70. The lowest BCUT2D eigenvalue weighted by Gasteiger charge is -2.16. The molecule has 286 valence electrons. The molecule has 0 radical (unpaired) electrons. The molecule has 2 N–H and O–H groups in total. The average molecular weight is 699 g/mol. The molecule has 0 aromatic rings. The van der Waals surface area contributed by atoms with Crippen LogP contribution in [0.5, 0.6) is 0 Å². The van der Waals surface area contributed by atoms with Gasteiger partial charge in [-0.15, -0.1) is 0 Å². The molecular weight excluding hydrogens is 624 g/mol. The number of unbranched alkanes of at least 4 members (excludes halogenated alkanes) is 15. The van der Waals surface area contributed by atoms with E-state index in [2.05, 4.69) is 62.5 Å². The van der Waals surface area contributed by atoms with Crippen molar-refractivity contribution in [2.45, 2.75) is 180 Å². The second-order valence-corrected chi connectivity index (χ2v) is 13.2. The summed E-state index contributed by atoms with van der Waals surface area (Å²) in [5, 5.41) is 19.7. The van der Waals surface area contributed by atoms with Crippen LogP contribution in [0.2, 0.25) is 0 Å². The van der Waals surface area contributed by atoms with E-state index in [0.29, 0.717) is 6.42 Å². The molecule has 0 aliphatic carbocycles. The molecule has 6 nitrogen and oxygen atoms in total. The zero-order chi connectivity index (χ0) is 36.6. The van der Waals surface area contributed by atoms with Gasteiger partial charge in [-0.25, -0.2) is 0 Å². The smallest absolute Gasteiger partial charge is 0.306 e. The van der Waals surface area contributed by atoms with Crippen molar-refractivity contribution in [2.75, 3.05) is 13.2 Å². The predicted octanol–water partition coefficient (Wildman–Crippen LogP) is 11.5. The fourth-order valence-electron chi connectivity index (χ4n) is 5.31. The minimum Gasteiger partial charge on any atom is -0.462 e. The standard InChI is InChI=1S/C44H74O6/c1-3-5-7-9-11-13-15-17-19-21-23-25-27-29-31-33-35-41(46)37-38-43(47)49-40-42(39-45)50-44(48)36-34-32-30-28-26-24-22-20-18-16-14-12-10-8-6-4-2/h5,7,11,13,17,19,23,25,29,31,33,35,41-42,45-46H,3-4,6,8-10,12,14-16,18,20-22,24,26-28,30,32,34,36-40H2,1-2H3/b7-5-,13-11-,19-17-,25-23-,31-29-,35-33-/t41?,42-/m0/s1. The second kappa shape index (κ2) is 39.1. The van der Waals surface area contributed by atoms with Gasteiger partial charge < -0.3 is 19.7 Å². The number of aliphatic hydroxyl groups is 2. The quantitative estimate of drug-likeness (QED) is 0.0296.